The maximum absolute atomic E-state index is 11.2. The van der Waals surface area contributed by atoms with Gasteiger partial charge in [0.25, 0.3) is 0 Å². The monoisotopic (exact) mass is 198 g/mol. The molecule has 5 nitrogen and oxygen atoms in total. The van der Waals surface area contributed by atoms with E-state index >= 15 is 0 Å². The van der Waals surface area contributed by atoms with Gasteiger partial charge in [0.1, 0.15) is 0 Å². The highest BCUT2D eigenvalue weighted by Gasteiger charge is 2.21. The van der Waals surface area contributed by atoms with E-state index in [-0.39, 0.29) is 12.2 Å². The van der Waals surface area contributed by atoms with Gasteiger partial charge in [-0.15, -0.1) is 0 Å². The van der Waals surface area contributed by atoms with Crippen LogP contribution in [-0.2, 0) is 19.2 Å². The Morgan fingerprint density at radius 2 is 2.29 bits per heavy atom. The van der Waals surface area contributed by atoms with Crippen molar-refractivity contribution in [3.05, 3.63) is 23.8 Å². The predicted molar refractivity (Wildman–Crippen MR) is 46.4 cm³/mol. The first-order chi connectivity index (χ1) is 6.69. The van der Waals surface area contributed by atoms with E-state index in [1.54, 1.807) is 6.92 Å². The molecule has 0 bridgehead atoms. The minimum absolute atomic E-state index is 0.200. The molecular formula is C9H10O5. The zero-order chi connectivity index (χ0) is 10.6. The van der Waals surface area contributed by atoms with Crippen LogP contribution in [0, 0.1) is 0 Å². The molecule has 5 heteroatoms. The molecule has 0 aromatic rings. The Bertz CT molecular complexity index is 302. The van der Waals surface area contributed by atoms with Gasteiger partial charge in [0.2, 0.25) is 0 Å². The summed E-state index contributed by atoms with van der Waals surface area (Å²) in [5, 5.41) is 8.34. The molecule has 14 heavy (non-hydrogen) atoms. The smallest absolute Gasteiger partial charge is 0.337 e. The number of carbonyl (C=O) groups excluding carboxylic acids is 2. The van der Waals surface area contributed by atoms with Gasteiger partial charge in [0, 0.05) is 0 Å². The molecule has 1 aliphatic carbocycles. The summed E-state index contributed by atoms with van der Waals surface area (Å²) in [7, 11) is 0. The van der Waals surface area contributed by atoms with Gasteiger partial charge in [-0.2, -0.15) is 0 Å². The van der Waals surface area contributed by atoms with Crippen LogP contribution in [0.2, 0.25) is 0 Å². The SMILES string of the molecule is CCOC(=O)C1=CC(OO)C(=O)C=C1. The summed E-state index contributed by atoms with van der Waals surface area (Å²) in [4.78, 5) is 26.0. The van der Waals surface area contributed by atoms with E-state index in [0.29, 0.717) is 0 Å². The summed E-state index contributed by atoms with van der Waals surface area (Å²) in [6.45, 7) is 1.93. The normalized spacial score (nSPS) is 20.6. The van der Waals surface area contributed by atoms with E-state index < -0.39 is 17.9 Å². The average molecular weight is 198 g/mol. The summed E-state index contributed by atoms with van der Waals surface area (Å²) < 4.78 is 4.70. The van der Waals surface area contributed by atoms with Gasteiger partial charge in [-0.1, -0.05) is 0 Å². The van der Waals surface area contributed by atoms with Gasteiger partial charge >= 0.3 is 5.97 Å². The van der Waals surface area contributed by atoms with Crippen molar-refractivity contribution in [1.82, 2.24) is 0 Å². The largest absolute Gasteiger partial charge is 0.462 e. The van der Waals surface area contributed by atoms with Crippen molar-refractivity contribution in [2.45, 2.75) is 13.0 Å². The van der Waals surface area contributed by atoms with Crippen molar-refractivity contribution in [1.29, 1.82) is 0 Å². The van der Waals surface area contributed by atoms with Crippen LogP contribution in [0.5, 0.6) is 0 Å². The van der Waals surface area contributed by atoms with Gasteiger partial charge in [0.15, 0.2) is 11.9 Å². The molecule has 1 aliphatic rings. The van der Waals surface area contributed by atoms with E-state index in [9.17, 15) is 9.59 Å². The lowest BCUT2D eigenvalue weighted by atomic mass is 10.0. The zero-order valence-corrected chi connectivity index (χ0v) is 7.60. The van der Waals surface area contributed by atoms with Crippen molar-refractivity contribution >= 4 is 11.8 Å². The second-order valence-corrected chi connectivity index (χ2v) is 2.60. The maximum atomic E-state index is 11.2. The average Bonchev–Trinajstić information content (AvgIpc) is 2.19. The lowest BCUT2D eigenvalue weighted by Crippen LogP contribution is -2.23. The van der Waals surface area contributed by atoms with E-state index in [1.165, 1.54) is 12.2 Å². The molecule has 0 saturated heterocycles. The molecule has 0 spiro atoms. The summed E-state index contributed by atoms with van der Waals surface area (Å²) in [5.74, 6) is -0.959. The molecule has 0 amide bonds. The maximum Gasteiger partial charge on any atom is 0.337 e. The Kier molecular flexibility index (Phi) is 3.55. The summed E-state index contributed by atoms with van der Waals surface area (Å²) >= 11 is 0. The lowest BCUT2D eigenvalue weighted by molar-refractivity contribution is -0.258. The molecule has 0 radical (unpaired) electrons. The summed E-state index contributed by atoms with van der Waals surface area (Å²) in [6.07, 6.45) is 2.59. The minimum atomic E-state index is -1.11. The summed E-state index contributed by atoms with van der Waals surface area (Å²) in [6, 6.07) is 0. The number of hydrogen-bond donors (Lipinski definition) is 1. The fraction of sp³-hybridized carbons (Fsp3) is 0.333. The van der Waals surface area contributed by atoms with E-state index in [1.807, 2.05) is 0 Å². The quantitative estimate of drug-likeness (QED) is 0.405. The van der Waals surface area contributed by atoms with E-state index in [0.717, 1.165) is 6.08 Å². The van der Waals surface area contributed by atoms with Crippen molar-refractivity contribution < 1.29 is 24.5 Å². The van der Waals surface area contributed by atoms with Crippen LogP contribution in [-0.4, -0.2) is 29.7 Å². The Balaban J connectivity index is 2.76. The van der Waals surface area contributed by atoms with Crippen LogP contribution in [0.1, 0.15) is 6.92 Å². The minimum Gasteiger partial charge on any atom is -0.462 e. The van der Waals surface area contributed by atoms with Gasteiger partial charge in [0.05, 0.1) is 12.2 Å². The highest BCUT2D eigenvalue weighted by atomic mass is 17.1. The van der Waals surface area contributed by atoms with Crippen molar-refractivity contribution in [2.24, 2.45) is 0 Å². The molecule has 1 N–H and O–H groups in total. The van der Waals surface area contributed by atoms with Gasteiger partial charge in [-0.25, -0.2) is 9.68 Å². The second-order valence-electron chi connectivity index (χ2n) is 2.60. The first-order valence-corrected chi connectivity index (χ1v) is 4.10. The lowest BCUT2D eigenvalue weighted by Gasteiger charge is -2.11. The number of rotatable bonds is 3. The number of esters is 1. The van der Waals surface area contributed by atoms with Crippen LogP contribution < -0.4 is 0 Å². The van der Waals surface area contributed by atoms with Crippen molar-refractivity contribution in [3.8, 4) is 0 Å². The molecule has 0 fully saturated rings. The Hall–Kier alpha value is -1.46. The molecule has 1 rings (SSSR count). The highest BCUT2D eigenvalue weighted by molar-refractivity contribution is 6.02. The van der Waals surface area contributed by atoms with Crippen LogP contribution in [0.25, 0.3) is 0 Å². The highest BCUT2D eigenvalue weighted by Crippen LogP contribution is 2.11. The van der Waals surface area contributed by atoms with Gasteiger partial charge in [-0.05, 0) is 25.2 Å². The molecule has 0 saturated carbocycles. The topological polar surface area (TPSA) is 72.8 Å². The number of ketones is 1. The standard InChI is InChI=1S/C9H10O5/c1-2-13-9(11)6-3-4-7(10)8(5-6)14-12/h3-5,8,12H,2H2,1H3. The molecule has 1 unspecified atom stereocenters. The predicted octanol–water partition coefficient (Wildman–Crippen LogP) is 0.473. The molecule has 76 valence electrons. The number of ether oxygens (including phenoxy) is 1. The fourth-order valence-corrected chi connectivity index (χ4v) is 1.00. The van der Waals surface area contributed by atoms with Crippen LogP contribution in [0.4, 0.5) is 0 Å². The molecule has 0 aromatic heterocycles. The molecule has 0 aliphatic heterocycles. The first kappa shape index (κ1) is 10.6. The third-order valence-electron chi connectivity index (χ3n) is 1.66. The van der Waals surface area contributed by atoms with Gasteiger partial charge in [-0.3, -0.25) is 10.1 Å². The second kappa shape index (κ2) is 4.69. The van der Waals surface area contributed by atoms with Crippen LogP contribution in [0.15, 0.2) is 23.8 Å². The summed E-state index contributed by atoms with van der Waals surface area (Å²) in [5.41, 5.74) is 0.200. The third kappa shape index (κ3) is 2.27. The Morgan fingerprint density at radius 3 is 2.86 bits per heavy atom. The van der Waals surface area contributed by atoms with Crippen molar-refractivity contribution in [2.75, 3.05) is 6.61 Å². The Morgan fingerprint density at radius 1 is 1.57 bits per heavy atom. The van der Waals surface area contributed by atoms with E-state index in [4.69, 9.17) is 9.99 Å². The number of carbonyl (C=O) groups is 2. The first-order valence-electron chi connectivity index (χ1n) is 4.10. The third-order valence-corrected chi connectivity index (χ3v) is 1.66. The van der Waals surface area contributed by atoms with Crippen LogP contribution >= 0.6 is 0 Å². The van der Waals surface area contributed by atoms with Crippen LogP contribution in [0.3, 0.4) is 0 Å². The zero-order valence-electron chi connectivity index (χ0n) is 7.60. The molecule has 0 heterocycles. The molecule has 1 atom stereocenters. The Labute approximate surface area is 80.5 Å². The molecular weight excluding hydrogens is 188 g/mol. The van der Waals surface area contributed by atoms with E-state index in [2.05, 4.69) is 4.89 Å². The van der Waals surface area contributed by atoms with Gasteiger partial charge < -0.3 is 4.74 Å². The van der Waals surface area contributed by atoms with Crippen molar-refractivity contribution in [3.63, 3.8) is 0 Å². The fourth-order valence-electron chi connectivity index (χ4n) is 1.00. The number of hydrogen-bond acceptors (Lipinski definition) is 5. The molecule has 0 aromatic carbocycles.